The Balaban J connectivity index is 3.95. The fourth-order valence-corrected chi connectivity index (χ4v) is 1.24. The van der Waals surface area contributed by atoms with Gasteiger partial charge in [-0.25, -0.2) is 8.78 Å². The van der Waals surface area contributed by atoms with Crippen LogP contribution in [0, 0.1) is 5.41 Å². The first-order valence-electron chi connectivity index (χ1n) is 4.88. The van der Waals surface area contributed by atoms with Crippen LogP contribution in [0.3, 0.4) is 0 Å². The van der Waals surface area contributed by atoms with Crippen LogP contribution in [0.4, 0.5) is 8.78 Å². The Hall–Kier alpha value is -0.180. The molecule has 0 aromatic heterocycles. The first-order chi connectivity index (χ1) is 5.87. The first-order valence-corrected chi connectivity index (χ1v) is 4.88. The number of nitrogens with one attached hydrogen (secondary N) is 1. The van der Waals surface area contributed by atoms with Gasteiger partial charge in [-0.15, -0.1) is 0 Å². The molecular formula is C10H21F2N. The lowest BCUT2D eigenvalue weighted by atomic mass is 9.88. The van der Waals surface area contributed by atoms with Crippen molar-refractivity contribution in [3.63, 3.8) is 0 Å². The lowest BCUT2D eigenvalue weighted by Crippen LogP contribution is -2.39. The molecule has 0 aromatic carbocycles. The van der Waals surface area contributed by atoms with E-state index in [9.17, 15) is 8.78 Å². The maximum atomic E-state index is 12.5. The molecule has 0 aromatic rings. The second-order valence-corrected chi connectivity index (χ2v) is 4.66. The van der Waals surface area contributed by atoms with Crippen LogP contribution in [0.1, 0.15) is 40.5 Å². The summed E-state index contributed by atoms with van der Waals surface area (Å²) >= 11 is 0. The molecule has 0 amide bonds. The summed E-state index contributed by atoms with van der Waals surface area (Å²) in [5.41, 5.74) is -0.0398. The predicted molar refractivity (Wildman–Crippen MR) is 52.2 cm³/mol. The van der Waals surface area contributed by atoms with Crippen molar-refractivity contribution in [2.24, 2.45) is 5.41 Å². The van der Waals surface area contributed by atoms with E-state index >= 15 is 0 Å². The molecule has 0 aliphatic rings. The average Bonchev–Trinajstić information content (AvgIpc) is 1.95. The second kappa shape index (κ2) is 5.53. The summed E-state index contributed by atoms with van der Waals surface area (Å²) in [5.74, 6) is 0. The van der Waals surface area contributed by atoms with Crippen molar-refractivity contribution in [2.45, 2.75) is 53.0 Å². The molecule has 3 heteroatoms. The Morgan fingerprint density at radius 2 is 1.77 bits per heavy atom. The minimum Gasteiger partial charge on any atom is -0.309 e. The van der Waals surface area contributed by atoms with Crippen molar-refractivity contribution in [2.75, 3.05) is 6.54 Å². The first kappa shape index (κ1) is 12.8. The van der Waals surface area contributed by atoms with Crippen molar-refractivity contribution in [1.29, 1.82) is 0 Å². The third-order valence-electron chi connectivity index (χ3n) is 1.79. The lowest BCUT2D eigenvalue weighted by molar-refractivity contribution is 0.0768. The topological polar surface area (TPSA) is 12.0 Å². The fraction of sp³-hybridized carbons (Fsp3) is 1.00. The number of hydrogen-bond donors (Lipinski definition) is 1. The number of rotatable bonds is 5. The molecule has 0 heterocycles. The maximum Gasteiger partial charge on any atom is 0.253 e. The molecule has 0 spiro atoms. The molecule has 0 rings (SSSR count). The summed E-state index contributed by atoms with van der Waals surface area (Å²) in [4.78, 5) is 0. The number of alkyl halides is 2. The zero-order valence-corrected chi connectivity index (χ0v) is 9.03. The highest BCUT2D eigenvalue weighted by Crippen LogP contribution is 2.23. The quantitative estimate of drug-likeness (QED) is 0.707. The van der Waals surface area contributed by atoms with Gasteiger partial charge in [-0.05, 0) is 24.8 Å². The Bertz CT molecular complexity index is 129. The molecule has 0 saturated carbocycles. The monoisotopic (exact) mass is 193 g/mol. The molecule has 0 aliphatic carbocycles. The van der Waals surface area contributed by atoms with Crippen molar-refractivity contribution in [3.05, 3.63) is 0 Å². The van der Waals surface area contributed by atoms with Gasteiger partial charge in [0.15, 0.2) is 0 Å². The van der Waals surface area contributed by atoms with E-state index in [1.807, 2.05) is 27.7 Å². The molecule has 1 unspecified atom stereocenters. The summed E-state index contributed by atoms with van der Waals surface area (Å²) in [6.45, 7) is 8.60. The molecule has 0 bridgehead atoms. The van der Waals surface area contributed by atoms with Crippen LogP contribution in [0.5, 0.6) is 0 Å². The van der Waals surface area contributed by atoms with Crippen LogP contribution in [0.25, 0.3) is 0 Å². The van der Waals surface area contributed by atoms with E-state index in [1.54, 1.807) is 0 Å². The predicted octanol–water partition coefficient (Wildman–Crippen LogP) is 3.06. The zero-order valence-electron chi connectivity index (χ0n) is 9.03. The molecule has 1 N–H and O–H groups in total. The zero-order chi connectivity index (χ0) is 10.5. The van der Waals surface area contributed by atoms with Gasteiger partial charge in [-0.1, -0.05) is 27.7 Å². The Kier molecular flexibility index (Phi) is 5.45. The molecular weight excluding hydrogens is 172 g/mol. The summed E-state index contributed by atoms with van der Waals surface area (Å²) in [6, 6.07) is -0.653. The third kappa shape index (κ3) is 6.94. The molecule has 0 aliphatic heterocycles. The number of halogens is 2. The van der Waals surface area contributed by atoms with Gasteiger partial charge in [0.2, 0.25) is 0 Å². The fourth-order valence-electron chi connectivity index (χ4n) is 1.24. The molecule has 1 atom stereocenters. The van der Waals surface area contributed by atoms with Crippen LogP contribution in [-0.2, 0) is 0 Å². The molecule has 1 nitrogen and oxygen atoms in total. The van der Waals surface area contributed by atoms with Crippen molar-refractivity contribution < 1.29 is 8.78 Å². The Morgan fingerprint density at radius 3 is 2.08 bits per heavy atom. The lowest BCUT2D eigenvalue weighted by Gasteiger charge is -2.26. The Morgan fingerprint density at radius 1 is 1.23 bits per heavy atom. The minimum atomic E-state index is -2.26. The largest absolute Gasteiger partial charge is 0.309 e. The van der Waals surface area contributed by atoms with Crippen LogP contribution < -0.4 is 5.32 Å². The van der Waals surface area contributed by atoms with Crippen LogP contribution in [0.15, 0.2) is 0 Å². The van der Waals surface area contributed by atoms with Crippen molar-refractivity contribution in [1.82, 2.24) is 5.32 Å². The van der Waals surface area contributed by atoms with E-state index in [1.165, 1.54) is 0 Å². The third-order valence-corrected chi connectivity index (χ3v) is 1.79. The number of hydrogen-bond acceptors (Lipinski definition) is 1. The van der Waals surface area contributed by atoms with E-state index in [0.717, 1.165) is 6.42 Å². The van der Waals surface area contributed by atoms with Gasteiger partial charge < -0.3 is 5.32 Å². The average molecular weight is 193 g/mol. The van der Waals surface area contributed by atoms with Gasteiger partial charge in [-0.3, -0.25) is 0 Å². The smallest absolute Gasteiger partial charge is 0.253 e. The molecule has 0 saturated heterocycles. The highest BCUT2D eigenvalue weighted by Gasteiger charge is 2.25. The van der Waals surface area contributed by atoms with Crippen molar-refractivity contribution in [3.8, 4) is 0 Å². The van der Waals surface area contributed by atoms with Crippen LogP contribution in [-0.4, -0.2) is 19.0 Å². The maximum absolute atomic E-state index is 12.5. The van der Waals surface area contributed by atoms with Gasteiger partial charge >= 0.3 is 0 Å². The van der Waals surface area contributed by atoms with E-state index in [-0.39, 0.29) is 5.41 Å². The van der Waals surface area contributed by atoms with Gasteiger partial charge in [0.25, 0.3) is 6.43 Å². The Labute approximate surface area is 79.9 Å². The van der Waals surface area contributed by atoms with Gasteiger partial charge in [0.05, 0.1) is 6.04 Å². The van der Waals surface area contributed by atoms with E-state index < -0.39 is 12.5 Å². The van der Waals surface area contributed by atoms with E-state index in [0.29, 0.717) is 13.0 Å². The normalized spacial score (nSPS) is 15.0. The van der Waals surface area contributed by atoms with Crippen LogP contribution >= 0.6 is 0 Å². The molecule has 0 radical (unpaired) electrons. The molecule has 0 fully saturated rings. The standard InChI is InChI=1S/C10H21F2N/c1-5-6-13-8(9(11)12)7-10(2,3)4/h8-9,13H,5-7H2,1-4H3. The molecule has 80 valence electrons. The SMILES string of the molecule is CCCNC(CC(C)(C)C)C(F)F. The van der Waals surface area contributed by atoms with Crippen molar-refractivity contribution >= 4 is 0 Å². The van der Waals surface area contributed by atoms with Gasteiger partial charge in [0, 0.05) is 0 Å². The highest BCUT2D eigenvalue weighted by molar-refractivity contribution is 4.76. The highest BCUT2D eigenvalue weighted by atomic mass is 19.3. The van der Waals surface area contributed by atoms with Crippen LogP contribution in [0.2, 0.25) is 0 Å². The van der Waals surface area contributed by atoms with E-state index in [4.69, 9.17) is 0 Å². The summed E-state index contributed by atoms with van der Waals surface area (Å²) in [5, 5.41) is 2.88. The minimum absolute atomic E-state index is 0.0398. The van der Waals surface area contributed by atoms with E-state index in [2.05, 4.69) is 5.32 Å². The summed E-state index contributed by atoms with van der Waals surface area (Å²) in [6.07, 6.45) is -0.844. The summed E-state index contributed by atoms with van der Waals surface area (Å²) in [7, 11) is 0. The second-order valence-electron chi connectivity index (χ2n) is 4.66. The summed E-state index contributed by atoms with van der Waals surface area (Å²) < 4.78 is 25.0. The van der Waals surface area contributed by atoms with Gasteiger partial charge in [0.1, 0.15) is 0 Å². The molecule has 13 heavy (non-hydrogen) atoms. The van der Waals surface area contributed by atoms with Gasteiger partial charge in [-0.2, -0.15) is 0 Å².